The fraction of sp³-hybridized carbons (Fsp3) is 0.444. The standard InChI is InChI=1S/C18H25NO3/c1-3-10-19(13-17-8-6-11-21-17)12-16(20)14-22-18-9-5-4-7-15(18)2/h4-9,11,16,20H,3,10,12-14H2,1-2H3/t16-/m1/s1. The number of nitrogens with zero attached hydrogens (tertiary/aromatic N) is 1. The van der Waals surface area contributed by atoms with Crippen LogP contribution < -0.4 is 4.74 Å². The van der Waals surface area contributed by atoms with E-state index < -0.39 is 6.10 Å². The number of hydrogen-bond acceptors (Lipinski definition) is 4. The minimum absolute atomic E-state index is 0.295. The molecule has 0 amide bonds. The van der Waals surface area contributed by atoms with Gasteiger partial charge >= 0.3 is 0 Å². The summed E-state index contributed by atoms with van der Waals surface area (Å²) in [6.45, 7) is 6.63. The van der Waals surface area contributed by atoms with E-state index >= 15 is 0 Å². The van der Waals surface area contributed by atoms with Gasteiger partial charge in [0.25, 0.3) is 0 Å². The van der Waals surface area contributed by atoms with Crippen molar-refractivity contribution in [1.82, 2.24) is 4.90 Å². The van der Waals surface area contributed by atoms with Gasteiger partial charge < -0.3 is 14.3 Å². The van der Waals surface area contributed by atoms with E-state index in [9.17, 15) is 5.11 Å². The third kappa shape index (κ3) is 5.20. The van der Waals surface area contributed by atoms with Gasteiger partial charge in [-0.05, 0) is 43.7 Å². The summed E-state index contributed by atoms with van der Waals surface area (Å²) < 4.78 is 11.1. The average molecular weight is 303 g/mol. The van der Waals surface area contributed by atoms with Gasteiger partial charge in [0.15, 0.2) is 0 Å². The number of para-hydroxylation sites is 1. The average Bonchev–Trinajstić information content (AvgIpc) is 2.99. The lowest BCUT2D eigenvalue weighted by Crippen LogP contribution is -2.35. The minimum atomic E-state index is -0.527. The molecule has 22 heavy (non-hydrogen) atoms. The molecule has 1 aromatic carbocycles. The minimum Gasteiger partial charge on any atom is -0.491 e. The Morgan fingerprint density at radius 2 is 2.05 bits per heavy atom. The molecule has 0 bridgehead atoms. The smallest absolute Gasteiger partial charge is 0.122 e. The Labute approximate surface area is 132 Å². The molecule has 2 rings (SSSR count). The maximum atomic E-state index is 10.2. The number of benzene rings is 1. The highest BCUT2D eigenvalue weighted by molar-refractivity contribution is 5.31. The molecule has 120 valence electrons. The van der Waals surface area contributed by atoms with E-state index in [4.69, 9.17) is 9.15 Å². The molecule has 1 aromatic heterocycles. The van der Waals surface area contributed by atoms with Crippen molar-refractivity contribution in [2.24, 2.45) is 0 Å². The zero-order valence-electron chi connectivity index (χ0n) is 13.4. The Kier molecular flexibility index (Phi) is 6.49. The largest absolute Gasteiger partial charge is 0.491 e. The second kappa shape index (κ2) is 8.61. The van der Waals surface area contributed by atoms with Crippen LogP contribution in [0.5, 0.6) is 5.75 Å². The Hall–Kier alpha value is -1.78. The van der Waals surface area contributed by atoms with Crippen LogP contribution in [0, 0.1) is 6.92 Å². The SMILES string of the molecule is CCCN(Cc1ccco1)C[C@@H](O)COc1ccccc1C. The van der Waals surface area contributed by atoms with Crippen molar-refractivity contribution in [2.75, 3.05) is 19.7 Å². The molecule has 1 N–H and O–H groups in total. The van der Waals surface area contributed by atoms with Crippen molar-refractivity contribution < 1.29 is 14.3 Å². The summed E-state index contributed by atoms with van der Waals surface area (Å²) in [6, 6.07) is 11.7. The molecule has 1 atom stereocenters. The second-order valence-corrected chi connectivity index (χ2v) is 5.54. The van der Waals surface area contributed by atoms with Gasteiger partial charge in [-0.2, -0.15) is 0 Å². The van der Waals surface area contributed by atoms with Crippen molar-refractivity contribution in [3.05, 3.63) is 54.0 Å². The molecule has 0 aliphatic rings. The Balaban J connectivity index is 1.82. The van der Waals surface area contributed by atoms with Crippen molar-refractivity contribution in [3.63, 3.8) is 0 Å². The van der Waals surface area contributed by atoms with Gasteiger partial charge in [-0.3, -0.25) is 4.90 Å². The molecule has 0 saturated carbocycles. The highest BCUT2D eigenvalue weighted by Gasteiger charge is 2.14. The third-order valence-electron chi connectivity index (χ3n) is 3.49. The molecule has 0 fully saturated rings. The number of furan rings is 1. The highest BCUT2D eigenvalue weighted by Crippen LogP contribution is 2.16. The molecule has 4 nitrogen and oxygen atoms in total. The summed E-state index contributed by atoms with van der Waals surface area (Å²) in [6.07, 6.45) is 2.18. The summed E-state index contributed by atoms with van der Waals surface area (Å²) in [4.78, 5) is 2.19. The van der Waals surface area contributed by atoms with Gasteiger partial charge in [0.05, 0.1) is 12.8 Å². The van der Waals surface area contributed by atoms with E-state index in [2.05, 4.69) is 11.8 Å². The van der Waals surface area contributed by atoms with Gasteiger partial charge in [0.1, 0.15) is 24.2 Å². The lowest BCUT2D eigenvalue weighted by molar-refractivity contribution is 0.0631. The zero-order chi connectivity index (χ0) is 15.8. The van der Waals surface area contributed by atoms with Gasteiger partial charge in [-0.25, -0.2) is 0 Å². The van der Waals surface area contributed by atoms with Gasteiger partial charge in [-0.15, -0.1) is 0 Å². The van der Waals surface area contributed by atoms with E-state index in [-0.39, 0.29) is 0 Å². The lowest BCUT2D eigenvalue weighted by Gasteiger charge is -2.24. The fourth-order valence-electron chi connectivity index (χ4n) is 2.43. The van der Waals surface area contributed by atoms with Crippen LogP contribution in [0.25, 0.3) is 0 Å². The first kappa shape index (κ1) is 16.6. The second-order valence-electron chi connectivity index (χ2n) is 5.54. The van der Waals surface area contributed by atoms with E-state index in [1.165, 1.54) is 0 Å². The zero-order valence-corrected chi connectivity index (χ0v) is 13.4. The summed E-state index contributed by atoms with van der Waals surface area (Å²) in [5.41, 5.74) is 1.08. The maximum absolute atomic E-state index is 10.2. The Morgan fingerprint density at radius 1 is 1.23 bits per heavy atom. The number of hydrogen-bond donors (Lipinski definition) is 1. The van der Waals surface area contributed by atoms with Crippen LogP contribution >= 0.6 is 0 Å². The summed E-state index contributed by atoms with van der Waals surface area (Å²) in [7, 11) is 0. The predicted molar refractivity (Wildman–Crippen MR) is 87.0 cm³/mol. The third-order valence-corrected chi connectivity index (χ3v) is 3.49. The molecular formula is C18H25NO3. The van der Waals surface area contributed by atoms with Crippen LogP contribution in [0.4, 0.5) is 0 Å². The van der Waals surface area contributed by atoms with Crippen molar-refractivity contribution in [3.8, 4) is 5.75 Å². The molecule has 0 saturated heterocycles. The number of aryl methyl sites for hydroxylation is 1. The quantitative estimate of drug-likeness (QED) is 0.772. The molecule has 4 heteroatoms. The molecule has 2 aromatic rings. The van der Waals surface area contributed by atoms with Crippen LogP contribution in [0.15, 0.2) is 47.1 Å². The molecule has 0 unspecified atom stereocenters. The highest BCUT2D eigenvalue weighted by atomic mass is 16.5. The normalized spacial score (nSPS) is 12.5. The lowest BCUT2D eigenvalue weighted by atomic mass is 10.2. The number of aliphatic hydroxyl groups is 1. The molecule has 1 heterocycles. The monoisotopic (exact) mass is 303 g/mol. The molecule has 0 spiro atoms. The predicted octanol–water partition coefficient (Wildman–Crippen LogP) is 3.24. The van der Waals surface area contributed by atoms with Gasteiger partial charge in [-0.1, -0.05) is 25.1 Å². The van der Waals surface area contributed by atoms with E-state index in [1.54, 1.807) is 6.26 Å². The van der Waals surface area contributed by atoms with Crippen molar-refractivity contribution in [2.45, 2.75) is 32.9 Å². The summed E-state index contributed by atoms with van der Waals surface area (Å²) in [5.74, 6) is 1.75. The summed E-state index contributed by atoms with van der Waals surface area (Å²) >= 11 is 0. The fourth-order valence-corrected chi connectivity index (χ4v) is 2.43. The van der Waals surface area contributed by atoms with Crippen molar-refractivity contribution in [1.29, 1.82) is 0 Å². The van der Waals surface area contributed by atoms with Gasteiger partial charge in [0.2, 0.25) is 0 Å². The van der Waals surface area contributed by atoms with Crippen LogP contribution in [-0.4, -0.2) is 35.8 Å². The summed E-state index contributed by atoms with van der Waals surface area (Å²) in [5, 5.41) is 10.2. The van der Waals surface area contributed by atoms with E-state index in [0.29, 0.717) is 19.7 Å². The maximum Gasteiger partial charge on any atom is 0.122 e. The molecular weight excluding hydrogens is 278 g/mol. The molecule has 0 aliphatic heterocycles. The van der Waals surface area contributed by atoms with Crippen LogP contribution in [-0.2, 0) is 6.54 Å². The van der Waals surface area contributed by atoms with Crippen molar-refractivity contribution >= 4 is 0 Å². The van der Waals surface area contributed by atoms with E-state index in [1.807, 2.05) is 43.3 Å². The van der Waals surface area contributed by atoms with E-state index in [0.717, 1.165) is 30.0 Å². The van der Waals surface area contributed by atoms with Gasteiger partial charge in [0, 0.05) is 6.54 Å². The number of aliphatic hydroxyl groups excluding tert-OH is 1. The number of rotatable bonds is 9. The molecule has 0 aliphatic carbocycles. The first-order valence-electron chi connectivity index (χ1n) is 7.80. The molecule has 0 radical (unpaired) electrons. The van der Waals surface area contributed by atoms with Crippen LogP contribution in [0.1, 0.15) is 24.7 Å². The Morgan fingerprint density at radius 3 is 2.73 bits per heavy atom. The first-order valence-corrected chi connectivity index (χ1v) is 7.80. The topological polar surface area (TPSA) is 45.8 Å². The van der Waals surface area contributed by atoms with Crippen LogP contribution in [0.3, 0.4) is 0 Å². The first-order chi connectivity index (χ1) is 10.7. The number of ether oxygens (including phenoxy) is 1. The Bertz CT molecular complexity index is 539. The van der Waals surface area contributed by atoms with Crippen LogP contribution in [0.2, 0.25) is 0 Å².